The van der Waals surface area contributed by atoms with Gasteiger partial charge in [0.25, 0.3) is 0 Å². The van der Waals surface area contributed by atoms with Gasteiger partial charge >= 0.3 is 0 Å². The van der Waals surface area contributed by atoms with Crippen molar-refractivity contribution in [1.29, 1.82) is 0 Å². The minimum atomic E-state index is -0.327. The highest BCUT2D eigenvalue weighted by molar-refractivity contribution is 5.92. The molecule has 2 amide bonds. The van der Waals surface area contributed by atoms with Crippen LogP contribution in [-0.2, 0) is 9.59 Å². The standard InChI is InChI=1S/C8H13N5O2/c1-5-9-8(12-11-5)10-7(15)4-13(3)6(2)14/h4H2,1-3H3,(H2,9,10,11,12,15). The number of carbonyl (C=O) groups is 2. The van der Waals surface area contributed by atoms with E-state index in [2.05, 4.69) is 20.5 Å². The van der Waals surface area contributed by atoms with Gasteiger partial charge in [-0.05, 0) is 6.92 Å². The molecule has 1 aromatic rings. The van der Waals surface area contributed by atoms with E-state index in [0.717, 1.165) is 0 Å². The number of aryl methyl sites for hydroxylation is 1. The van der Waals surface area contributed by atoms with E-state index < -0.39 is 0 Å². The molecule has 82 valence electrons. The van der Waals surface area contributed by atoms with Gasteiger partial charge in [0.1, 0.15) is 5.82 Å². The summed E-state index contributed by atoms with van der Waals surface area (Å²) in [5.74, 6) is 0.336. The van der Waals surface area contributed by atoms with Crippen molar-refractivity contribution in [3.63, 3.8) is 0 Å². The lowest BCUT2D eigenvalue weighted by Crippen LogP contribution is -2.33. The Morgan fingerprint density at radius 3 is 2.67 bits per heavy atom. The van der Waals surface area contributed by atoms with E-state index in [-0.39, 0.29) is 24.3 Å². The summed E-state index contributed by atoms with van der Waals surface area (Å²) in [6, 6.07) is 0. The minimum Gasteiger partial charge on any atom is -0.337 e. The number of amides is 2. The summed E-state index contributed by atoms with van der Waals surface area (Å²) in [5, 5.41) is 8.79. The van der Waals surface area contributed by atoms with Gasteiger partial charge in [0.2, 0.25) is 17.8 Å². The first-order valence-corrected chi connectivity index (χ1v) is 4.39. The Balaban J connectivity index is 2.46. The Morgan fingerprint density at radius 1 is 1.53 bits per heavy atom. The molecule has 0 saturated carbocycles. The van der Waals surface area contributed by atoms with Gasteiger partial charge in [0.15, 0.2) is 0 Å². The van der Waals surface area contributed by atoms with E-state index in [9.17, 15) is 9.59 Å². The Kier molecular flexibility index (Phi) is 3.37. The molecule has 1 heterocycles. The number of likely N-dealkylation sites (N-methyl/N-ethyl adjacent to an activating group) is 1. The lowest BCUT2D eigenvalue weighted by molar-refractivity contribution is -0.131. The summed E-state index contributed by atoms with van der Waals surface area (Å²) in [6.45, 7) is 3.11. The Labute approximate surface area is 86.9 Å². The molecule has 0 spiro atoms. The zero-order valence-corrected chi connectivity index (χ0v) is 8.87. The molecule has 0 saturated heterocycles. The van der Waals surface area contributed by atoms with E-state index in [0.29, 0.717) is 5.82 Å². The molecular weight excluding hydrogens is 198 g/mol. The Morgan fingerprint density at radius 2 is 2.20 bits per heavy atom. The van der Waals surface area contributed by atoms with Crippen LogP contribution in [0, 0.1) is 6.92 Å². The monoisotopic (exact) mass is 211 g/mol. The van der Waals surface area contributed by atoms with E-state index in [4.69, 9.17) is 0 Å². The molecule has 0 aliphatic carbocycles. The van der Waals surface area contributed by atoms with Crippen LogP contribution >= 0.6 is 0 Å². The SMILES string of the molecule is CC(=O)N(C)CC(=O)Nc1n[nH]c(C)n1. The Bertz CT molecular complexity index is 373. The summed E-state index contributed by atoms with van der Waals surface area (Å²) in [6.07, 6.45) is 0. The van der Waals surface area contributed by atoms with Crippen LogP contribution in [0.2, 0.25) is 0 Å². The molecule has 0 atom stereocenters. The normalized spacial score (nSPS) is 9.80. The van der Waals surface area contributed by atoms with Crippen molar-refractivity contribution < 1.29 is 9.59 Å². The van der Waals surface area contributed by atoms with Crippen LogP contribution in [0.1, 0.15) is 12.7 Å². The van der Waals surface area contributed by atoms with Crippen LogP contribution in [-0.4, -0.2) is 45.5 Å². The van der Waals surface area contributed by atoms with Crippen LogP contribution in [0.25, 0.3) is 0 Å². The smallest absolute Gasteiger partial charge is 0.248 e. The fraction of sp³-hybridized carbons (Fsp3) is 0.500. The van der Waals surface area contributed by atoms with Gasteiger partial charge in [0.05, 0.1) is 6.54 Å². The lowest BCUT2D eigenvalue weighted by Gasteiger charge is -2.12. The number of carbonyl (C=O) groups excluding carboxylic acids is 2. The molecule has 0 bridgehead atoms. The maximum atomic E-state index is 11.3. The molecule has 0 fully saturated rings. The summed E-state index contributed by atoms with van der Waals surface area (Å²) >= 11 is 0. The number of hydrogen-bond donors (Lipinski definition) is 2. The van der Waals surface area contributed by atoms with Gasteiger partial charge in [0, 0.05) is 14.0 Å². The topological polar surface area (TPSA) is 91.0 Å². The van der Waals surface area contributed by atoms with Crippen molar-refractivity contribution in [3.05, 3.63) is 5.82 Å². The fourth-order valence-corrected chi connectivity index (χ4v) is 0.890. The predicted molar refractivity (Wildman–Crippen MR) is 53.1 cm³/mol. The quantitative estimate of drug-likeness (QED) is 0.707. The number of nitrogens with one attached hydrogen (secondary N) is 2. The maximum Gasteiger partial charge on any atom is 0.248 e. The predicted octanol–water partition coefficient (Wildman–Crippen LogP) is -0.470. The highest BCUT2D eigenvalue weighted by Crippen LogP contribution is 1.96. The van der Waals surface area contributed by atoms with E-state index in [1.165, 1.54) is 11.8 Å². The lowest BCUT2D eigenvalue weighted by atomic mass is 10.5. The molecule has 0 aliphatic heterocycles. The number of rotatable bonds is 3. The van der Waals surface area contributed by atoms with Gasteiger partial charge in [-0.2, -0.15) is 4.98 Å². The first-order chi connectivity index (χ1) is 6.99. The van der Waals surface area contributed by atoms with Crippen LogP contribution in [0.3, 0.4) is 0 Å². The second-order valence-electron chi connectivity index (χ2n) is 3.17. The van der Waals surface area contributed by atoms with Crippen molar-refractivity contribution in [2.24, 2.45) is 0 Å². The van der Waals surface area contributed by atoms with Crippen molar-refractivity contribution in [2.45, 2.75) is 13.8 Å². The summed E-state index contributed by atoms with van der Waals surface area (Å²) in [7, 11) is 1.55. The molecule has 1 rings (SSSR count). The third-order valence-corrected chi connectivity index (χ3v) is 1.77. The van der Waals surface area contributed by atoms with Crippen molar-refractivity contribution in [3.8, 4) is 0 Å². The number of aromatic amines is 1. The molecule has 2 N–H and O–H groups in total. The average molecular weight is 211 g/mol. The molecule has 0 unspecified atom stereocenters. The van der Waals surface area contributed by atoms with Crippen molar-refractivity contribution in [2.75, 3.05) is 18.9 Å². The molecular formula is C8H13N5O2. The molecule has 1 aromatic heterocycles. The molecule has 0 radical (unpaired) electrons. The number of aromatic nitrogens is 3. The van der Waals surface area contributed by atoms with Crippen LogP contribution in [0.15, 0.2) is 0 Å². The average Bonchev–Trinajstić information content (AvgIpc) is 2.50. The van der Waals surface area contributed by atoms with E-state index in [1.807, 2.05) is 0 Å². The molecule has 7 nitrogen and oxygen atoms in total. The van der Waals surface area contributed by atoms with Gasteiger partial charge in [-0.1, -0.05) is 0 Å². The number of anilines is 1. The fourth-order valence-electron chi connectivity index (χ4n) is 0.890. The molecule has 0 aliphatic rings. The second kappa shape index (κ2) is 4.54. The minimum absolute atomic E-state index is 0.0110. The number of H-pyrrole nitrogens is 1. The largest absolute Gasteiger partial charge is 0.337 e. The molecule has 7 heteroatoms. The van der Waals surface area contributed by atoms with E-state index >= 15 is 0 Å². The van der Waals surface area contributed by atoms with Crippen LogP contribution in [0.5, 0.6) is 0 Å². The third kappa shape index (κ3) is 3.37. The van der Waals surface area contributed by atoms with E-state index in [1.54, 1.807) is 14.0 Å². The zero-order valence-electron chi connectivity index (χ0n) is 8.87. The van der Waals surface area contributed by atoms with Gasteiger partial charge in [-0.15, -0.1) is 5.10 Å². The zero-order chi connectivity index (χ0) is 11.4. The maximum absolute atomic E-state index is 11.3. The van der Waals surface area contributed by atoms with Crippen molar-refractivity contribution >= 4 is 17.8 Å². The third-order valence-electron chi connectivity index (χ3n) is 1.77. The van der Waals surface area contributed by atoms with Crippen LogP contribution in [0.4, 0.5) is 5.95 Å². The second-order valence-corrected chi connectivity index (χ2v) is 3.17. The molecule has 0 aromatic carbocycles. The van der Waals surface area contributed by atoms with Gasteiger partial charge in [-0.3, -0.25) is 20.0 Å². The molecule has 15 heavy (non-hydrogen) atoms. The van der Waals surface area contributed by atoms with Crippen LogP contribution < -0.4 is 5.32 Å². The first-order valence-electron chi connectivity index (χ1n) is 4.39. The highest BCUT2D eigenvalue weighted by atomic mass is 16.2. The van der Waals surface area contributed by atoms with Gasteiger partial charge in [-0.25, -0.2) is 0 Å². The Hall–Kier alpha value is -1.92. The van der Waals surface area contributed by atoms with Crippen molar-refractivity contribution in [1.82, 2.24) is 20.1 Å². The first kappa shape index (κ1) is 11.2. The number of hydrogen-bond acceptors (Lipinski definition) is 4. The summed E-state index contributed by atoms with van der Waals surface area (Å²) in [5.41, 5.74) is 0. The summed E-state index contributed by atoms with van der Waals surface area (Å²) in [4.78, 5) is 27.4. The number of nitrogens with zero attached hydrogens (tertiary/aromatic N) is 3. The van der Waals surface area contributed by atoms with Gasteiger partial charge < -0.3 is 4.90 Å². The summed E-state index contributed by atoms with van der Waals surface area (Å²) < 4.78 is 0. The highest BCUT2D eigenvalue weighted by Gasteiger charge is 2.10.